The molecular formula is C13H15N3O2S. The van der Waals surface area contributed by atoms with Gasteiger partial charge in [0.05, 0.1) is 6.10 Å². The number of rotatable bonds is 5. The number of nitrogens with zero attached hydrogens (tertiary/aromatic N) is 2. The molecule has 2 atom stereocenters. The Balaban J connectivity index is 1.88. The van der Waals surface area contributed by atoms with Gasteiger partial charge in [-0.15, -0.1) is 5.10 Å². The number of aliphatic hydroxyl groups excluding tert-OH is 1. The van der Waals surface area contributed by atoms with Gasteiger partial charge in [-0.3, -0.25) is 4.79 Å². The largest absolute Gasteiger partial charge is 0.388 e. The second kappa shape index (κ2) is 6.40. The van der Waals surface area contributed by atoms with Gasteiger partial charge in [0.1, 0.15) is 0 Å². The number of amides is 1. The predicted molar refractivity (Wildman–Crippen MR) is 72.9 cm³/mol. The second-order valence-corrected chi connectivity index (χ2v) is 4.94. The van der Waals surface area contributed by atoms with Crippen molar-refractivity contribution in [3.8, 4) is 0 Å². The van der Waals surface area contributed by atoms with E-state index in [-0.39, 0.29) is 11.9 Å². The molecule has 5 nitrogen and oxygen atoms in total. The van der Waals surface area contributed by atoms with Crippen molar-refractivity contribution in [3.05, 3.63) is 47.0 Å². The normalized spacial score (nSPS) is 13.8. The van der Waals surface area contributed by atoms with Crippen molar-refractivity contribution in [2.45, 2.75) is 25.5 Å². The van der Waals surface area contributed by atoms with Gasteiger partial charge in [0.2, 0.25) is 0 Å². The number of hydrogen-bond donors (Lipinski definition) is 2. The fourth-order valence-corrected chi connectivity index (χ4v) is 2.20. The first kappa shape index (κ1) is 13.6. The summed E-state index contributed by atoms with van der Waals surface area (Å²) in [6, 6.07) is 9.24. The molecule has 100 valence electrons. The van der Waals surface area contributed by atoms with E-state index in [1.54, 1.807) is 5.38 Å². The quantitative estimate of drug-likeness (QED) is 0.873. The third kappa shape index (κ3) is 3.84. The van der Waals surface area contributed by atoms with Crippen molar-refractivity contribution in [2.24, 2.45) is 0 Å². The first-order valence-corrected chi connectivity index (χ1v) is 6.81. The van der Waals surface area contributed by atoms with Crippen LogP contribution in [0, 0.1) is 0 Å². The number of nitrogens with one attached hydrogen (secondary N) is 1. The number of aromatic nitrogens is 2. The average molecular weight is 277 g/mol. The maximum Gasteiger partial charge on any atom is 0.272 e. The van der Waals surface area contributed by atoms with E-state index in [0.717, 1.165) is 17.1 Å². The van der Waals surface area contributed by atoms with Gasteiger partial charge in [-0.05, 0) is 30.4 Å². The van der Waals surface area contributed by atoms with Crippen LogP contribution in [-0.4, -0.2) is 26.6 Å². The van der Waals surface area contributed by atoms with Gasteiger partial charge in [0.15, 0.2) is 5.69 Å². The van der Waals surface area contributed by atoms with E-state index in [1.165, 1.54) is 0 Å². The summed E-state index contributed by atoms with van der Waals surface area (Å²) in [5.74, 6) is -0.262. The van der Waals surface area contributed by atoms with Crippen LogP contribution in [0.1, 0.15) is 35.5 Å². The van der Waals surface area contributed by atoms with Crippen LogP contribution in [0.4, 0.5) is 0 Å². The molecule has 1 aromatic heterocycles. The highest BCUT2D eigenvalue weighted by Gasteiger charge is 2.16. The highest BCUT2D eigenvalue weighted by Crippen LogP contribution is 2.17. The lowest BCUT2D eigenvalue weighted by atomic mass is 10.0. The van der Waals surface area contributed by atoms with E-state index in [0.29, 0.717) is 12.1 Å². The minimum Gasteiger partial charge on any atom is -0.388 e. The Hall–Kier alpha value is -1.79. The third-order valence-corrected chi connectivity index (χ3v) is 3.24. The zero-order chi connectivity index (χ0) is 13.7. The van der Waals surface area contributed by atoms with Crippen molar-refractivity contribution in [1.29, 1.82) is 0 Å². The molecule has 0 aliphatic heterocycles. The molecular weight excluding hydrogens is 262 g/mol. The van der Waals surface area contributed by atoms with E-state index >= 15 is 0 Å². The van der Waals surface area contributed by atoms with Crippen molar-refractivity contribution >= 4 is 17.4 Å². The molecule has 2 aromatic rings. The molecule has 2 N–H and O–H groups in total. The first-order valence-electron chi connectivity index (χ1n) is 5.97. The van der Waals surface area contributed by atoms with Gasteiger partial charge in [-0.25, -0.2) is 0 Å². The highest BCUT2D eigenvalue weighted by atomic mass is 32.1. The molecule has 2 rings (SSSR count). The van der Waals surface area contributed by atoms with Gasteiger partial charge in [-0.2, -0.15) is 0 Å². The molecule has 6 heteroatoms. The van der Waals surface area contributed by atoms with Crippen LogP contribution in [0.2, 0.25) is 0 Å². The Bertz CT molecular complexity index is 516. The number of benzene rings is 1. The van der Waals surface area contributed by atoms with Gasteiger partial charge in [-0.1, -0.05) is 34.8 Å². The Morgan fingerprint density at radius 2 is 2.16 bits per heavy atom. The lowest BCUT2D eigenvalue weighted by molar-refractivity contribution is 0.0912. The summed E-state index contributed by atoms with van der Waals surface area (Å²) in [4.78, 5) is 11.7. The highest BCUT2D eigenvalue weighted by molar-refractivity contribution is 7.03. The summed E-state index contributed by atoms with van der Waals surface area (Å²) in [6.07, 6.45) is -0.141. The van der Waals surface area contributed by atoms with Crippen LogP contribution >= 0.6 is 11.5 Å². The third-order valence-electron chi connectivity index (χ3n) is 2.73. The molecule has 0 aliphatic rings. The molecule has 0 saturated carbocycles. The molecule has 0 bridgehead atoms. The molecule has 0 saturated heterocycles. The second-order valence-electron chi connectivity index (χ2n) is 4.33. The topological polar surface area (TPSA) is 75.1 Å². The Morgan fingerprint density at radius 1 is 1.42 bits per heavy atom. The van der Waals surface area contributed by atoms with Crippen LogP contribution in [0.15, 0.2) is 35.7 Å². The number of hydrogen-bond acceptors (Lipinski definition) is 5. The lowest BCUT2D eigenvalue weighted by Crippen LogP contribution is -2.34. The van der Waals surface area contributed by atoms with Crippen molar-refractivity contribution in [1.82, 2.24) is 14.9 Å². The summed E-state index contributed by atoms with van der Waals surface area (Å²) in [5, 5.41) is 18.1. The van der Waals surface area contributed by atoms with E-state index < -0.39 is 6.10 Å². The van der Waals surface area contributed by atoms with E-state index in [4.69, 9.17) is 0 Å². The number of aliphatic hydroxyl groups is 1. The summed E-state index contributed by atoms with van der Waals surface area (Å²) in [5.41, 5.74) is 1.16. The zero-order valence-electron chi connectivity index (χ0n) is 10.5. The minimum atomic E-state index is -0.593. The van der Waals surface area contributed by atoms with E-state index in [9.17, 15) is 9.90 Å². The summed E-state index contributed by atoms with van der Waals surface area (Å²) >= 11 is 1.13. The smallest absolute Gasteiger partial charge is 0.272 e. The van der Waals surface area contributed by atoms with Crippen molar-refractivity contribution in [2.75, 3.05) is 0 Å². The molecule has 0 radical (unpaired) electrons. The average Bonchev–Trinajstić information content (AvgIpc) is 2.93. The van der Waals surface area contributed by atoms with Gasteiger partial charge >= 0.3 is 0 Å². The van der Waals surface area contributed by atoms with Gasteiger partial charge < -0.3 is 10.4 Å². The molecule has 1 aromatic carbocycles. The van der Waals surface area contributed by atoms with Crippen molar-refractivity contribution in [3.63, 3.8) is 0 Å². The van der Waals surface area contributed by atoms with Crippen LogP contribution in [0.3, 0.4) is 0 Å². The van der Waals surface area contributed by atoms with E-state index in [1.807, 2.05) is 37.3 Å². The Morgan fingerprint density at radius 3 is 2.79 bits per heavy atom. The molecule has 19 heavy (non-hydrogen) atoms. The Kier molecular flexibility index (Phi) is 4.59. The Labute approximate surface area is 115 Å². The molecule has 1 amide bonds. The summed E-state index contributed by atoms with van der Waals surface area (Å²) < 4.78 is 3.64. The monoisotopic (exact) mass is 277 g/mol. The standard InChI is InChI=1S/C13H15N3O2S/c1-9(14-13(18)11-8-19-16-15-11)7-12(17)10-5-3-2-4-6-10/h2-6,8-9,12,17H,7H2,1H3,(H,14,18). The molecule has 0 fully saturated rings. The van der Waals surface area contributed by atoms with Gasteiger partial charge in [0.25, 0.3) is 5.91 Å². The SMILES string of the molecule is CC(CC(O)c1ccccc1)NC(=O)c1csnn1. The van der Waals surface area contributed by atoms with Crippen LogP contribution in [0.5, 0.6) is 0 Å². The first-order chi connectivity index (χ1) is 9.16. The summed E-state index contributed by atoms with van der Waals surface area (Å²) in [6.45, 7) is 1.85. The minimum absolute atomic E-state index is 0.149. The fraction of sp³-hybridized carbons (Fsp3) is 0.308. The molecule has 2 unspecified atom stereocenters. The van der Waals surface area contributed by atoms with Gasteiger partial charge in [0, 0.05) is 11.4 Å². The van der Waals surface area contributed by atoms with Crippen LogP contribution in [-0.2, 0) is 0 Å². The summed E-state index contributed by atoms with van der Waals surface area (Å²) in [7, 11) is 0. The molecule has 0 spiro atoms. The molecule has 0 aliphatic carbocycles. The van der Waals surface area contributed by atoms with E-state index in [2.05, 4.69) is 14.9 Å². The predicted octanol–water partition coefficient (Wildman–Crippen LogP) is 1.78. The molecule has 1 heterocycles. The number of carbonyl (C=O) groups is 1. The fourth-order valence-electron chi connectivity index (χ4n) is 1.77. The maximum atomic E-state index is 11.7. The van der Waals surface area contributed by atoms with Crippen LogP contribution < -0.4 is 5.32 Å². The van der Waals surface area contributed by atoms with Crippen molar-refractivity contribution < 1.29 is 9.90 Å². The lowest BCUT2D eigenvalue weighted by Gasteiger charge is -2.17. The van der Waals surface area contributed by atoms with Crippen LogP contribution in [0.25, 0.3) is 0 Å². The maximum absolute atomic E-state index is 11.7. The zero-order valence-corrected chi connectivity index (χ0v) is 11.3. The number of carbonyl (C=O) groups excluding carboxylic acids is 1.